The van der Waals surface area contributed by atoms with Gasteiger partial charge in [0.05, 0.1) is 24.2 Å². The van der Waals surface area contributed by atoms with Crippen molar-refractivity contribution in [2.45, 2.75) is 12.8 Å². The summed E-state index contributed by atoms with van der Waals surface area (Å²) in [6.07, 6.45) is 0. The van der Waals surface area contributed by atoms with Gasteiger partial charge < -0.3 is 10.1 Å². The van der Waals surface area contributed by atoms with E-state index in [1.807, 2.05) is 31.2 Å². The van der Waals surface area contributed by atoms with E-state index in [4.69, 9.17) is 0 Å². The van der Waals surface area contributed by atoms with Gasteiger partial charge in [-0.15, -0.1) is 0 Å². The molecule has 6 nitrogen and oxygen atoms in total. The highest BCUT2D eigenvalue weighted by Gasteiger charge is 2.26. The van der Waals surface area contributed by atoms with E-state index >= 15 is 0 Å². The molecule has 0 aliphatic rings. The first kappa shape index (κ1) is 13.7. The summed E-state index contributed by atoms with van der Waals surface area (Å²) in [6.45, 7) is 2.51. The minimum atomic E-state index is -1.09. The van der Waals surface area contributed by atoms with Gasteiger partial charge in [-0.1, -0.05) is 12.1 Å². The molecule has 0 unspecified atom stereocenters. The summed E-state index contributed by atoms with van der Waals surface area (Å²) in [5.74, 6) is -1.30. The number of carbonyl (C=O) groups is 1. The van der Waals surface area contributed by atoms with E-state index in [-0.39, 0.29) is 0 Å². The third-order valence-corrected chi connectivity index (χ3v) is 2.78. The van der Waals surface area contributed by atoms with Crippen LogP contribution in [-0.2, 0) is 9.53 Å². The van der Waals surface area contributed by atoms with E-state index in [1.165, 1.54) is 7.11 Å². The number of ether oxygens (including phenoxy) is 1. The van der Waals surface area contributed by atoms with Gasteiger partial charge in [-0.25, -0.2) is 9.97 Å². The lowest BCUT2D eigenvalue weighted by Crippen LogP contribution is -2.17. The van der Waals surface area contributed by atoms with Gasteiger partial charge in [0.2, 0.25) is 0 Å². The Morgan fingerprint density at radius 1 is 1.40 bits per heavy atom. The van der Waals surface area contributed by atoms with Crippen LogP contribution in [0.3, 0.4) is 0 Å². The zero-order valence-electron chi connectivity index (χ0n) is 11.3. The third-order valence-electron chi connectivity index (χ3n) is 2.78. The number of benzene rings is 1. The van der Waals surface area contributed by atoms with Gasteiger partial charge >= 0.3 is 5.97 Å². The molecule has 1 N–H and O–H groups in total. The molecule has 2 aromatic rings. The predicted octanol–water partition coefficient (Wildman–Crippen LogP) is 1.84. The lowest BCUT2D eigenvalue weighted by Gasteiger charge is -2.13. The molecule has 0 aliphatic heterocycles. The van der Waals surface area contributed by atoms with Crippen LogP contribution in [0.2, 0.25) is 0 Å². The van der Waals surface area contributed by atoms with Crippen molar-refractivity contribution in [2.75, 3.05) is 19.0 Å². The molecular formula is C14H14N4O2. The zero-order valence-corrected chi connectivity index (χ0v) is 11.3. The molecule has 0 bridgehead atoms. The summed E-state index contributed by atoms with van der Waals surface area (Å²) >= 11 is 0. The van der Waals surface area contributed by atoms with Crippen LogP contribution in [-0.4, -0.2) is 29.6 Å². The molecule has 1 atom stereocenters. The normalized spacial score (nSPS) is 11.7. The topological polar surface area (TPSA) is 87.9 Å². The van der Waals surface area contributed by atoms with Gasteiger partial charge in [-0.05, 0) is 19.1 Å². The number of esters is 1. The van der Waals surface area contributed by atoms with Crippen molar-refractivity contribution in [3.63, 3.8) is 0 Å². The predicted molar refractivity (Wildman–Crippen MR) is 74.1 cm³/mol. The number of anilines is 1. The molecule has 0 aliphatic carbocycles. The fourth-order valence-corrected chi connectivity index (χ4v) is 1.86. The zero-order chi connectivity index (χ0) is 14.5. The number of hydrogen-bond acceptors (Lipinski definition) is 6. The maximum Gasteiger partial charge on any atom is 0.329 e. The molecule has 0 fully saturated rings. The van der Waals surface area contributed by atoms with Crippen LogP contribution in [0.1, 0.15) is 18.5 Å². The first-order valence-corrected chi connectivity index (χ1v) is 6.19. The van der Waals surface area contributed by atoms with Crippen LogP contribution < -0.4 is 5.32 Å². The number of hydrogen-bond donors (Lipinski definition) is 1. The van der Waals surface area contributed by atoms with Gasteiger partial charge in [0.1, 0.15) is 5.69 Å². The first-order chi connectivity index (χ1) is 9.71. The van der Waals surface area contributed by atoms with Gasteiger partial charge in [0.15, 0.2) is 11.7 Å². The summed E-state index contributed by atoms with van der Waals surface area (Å²) in [7, 11) is 1.24. The van der Waals surface area contributed by atoms with E-state index in [2.05, 4.69) is 20.0 Å². The largest absolute Gasteiger partial charge is 0.468 e. The SMILES string of the molecule is CCNc1nc2ccccc2nc1[C@@H](C#N)C(=O)OC. The van der Waals surface area contributed by atoms with Crippen LogP contribution in [0.25, 0.3) is 11.0 Å². The molecule has 2 rings (SSSR count). The molecule has 20 heavy (non-hydrogen) atoms. The van der Waals surface area contributed by atoms with Crippen molar-refractivity contribution < 1.29 is 9.53 Å². The van der Waals surface area contributed by atoms with Gasteiger partial charge in [-0.3, -0.25) is 4.79 Å². The maximum atomic E-state index is 11.7. The molecule has 102 valence electrons. The molecular weight excluding hydrogens is 256 g/mol. The van der Waals surface area contributed by atoms with E-state index in [0.29, 0.717) is 29.1 Å². The number of nitrogens with one attached hydrogen (secondary N) is 1. The van der Waals surface area contributed by atoms with E-state index in [1.54, 1.807) is 6.07 Å². The standard InChI is InChI=1S/C14H14N4O2/c1-3-16-13-12(9(8-15)14(19)20-2)17-10-6-4-5-7-11(10)18-13/h4-7,9H,3H2,1-2H3,(H,16,18)/t9-/m1/s1. The minimum Gasteiger partial charge on any atom is -0.468 e. The molecule has 6 heteroatoms. The van der Waals surface area contributed by atoms with E-state index in [0.717, 1.165) is 0 Å². The van der Waals surface area contributed by atoms with Crippen LogP contribution in [0.5, 0.6) is 0 Å². The maximum absolute atomic E-state index is 11.7. The van der Waals surface area contributed by atoms with Crippen molar-refractivity contribution >= 4 is 22.8 Å². The summed E-state index contributed by atoms with van der Waals surface area (Å²) in [5, 5.41) is 12.2. The minimum absolute atomic E-state index is 0.292. The summed E-state index contributed by atoms with van der Waals surface area (Å²) < 4.78 is 4.65. The lowest BCUT2D eigenvalue weighted by molar-refractivity contribution is -0.141. The van der Waals surface area contributed by atoms with Crippen LogP contribution in [0.4, 0.5) is 5.82 Å². The molecule has 0 saturated carbocycles. The molecule has 0 saturated heterocycles. The Bertz CT molecular complexity index is 678. The number of nitriles is 1. The average molecular weight is 270 g/mol. The monoisotopic (exact) mass is 270 g/mol. The Hall–Kier alpha value is -2.68. The van der Waals surface area contributed by atoms with Crippen molar-refractivity contribution in [3.05, 3.63) is 30.0 Å². The average Bonchev–Trinajstić information content (AvgIpc) is 2.48. The van der Waals surface area contributed by atoms with Crippen molar-refractivity contribution in [1.82, 2.24) is 9.97 Å². The number of carbonyl (C=O) groups excluding carboxylic acids is 1. The second-order valence-corrected chi connectivity index (χ2v) is 4.06. The highest BCUT2D eigenvalue weighted by molar-refractivity contribution is 5.84. The Labute approximate surface area is 116 Å². The van der Waals surface area contributed by atoms with Gasteiger partial charge in [0, 0.05) is 6.54 Å². The molecule has 1 aromatic carbocycles. The second-order valence-electron chi connectivity index (χ2n) is 4.06. The van der Waals surface area contributed by atoms with E-state index < -0.39 is 11.9 Å². The summed E-state index contributed by atoms with van der Waals surface area (Å²) in [5.41, 5.74) is 1.63. The number of aromatic nitrogens is 2. The quantitative estimate of drug-likeness (QED) is 0.853. The smallest absolute Gasteiger partial charge is 0.329 e. The fourth-order valence-electron chi connectivity index (χ4n) is 1.86. The number of nitrogens with zero attached hydrogens (tertiary/aromatic N) is 3. The molecule has 1 aromatic heterocycles. The second kappa shape index (κ2) is 5.97. The first-order valence-electron chi connectivity index (χ1n) is 6.19. The van der Waals surface area contributed by atoms with E-state index in [9.17, 15) is 10.1 Å². The Morgan fingerprint density at radius 2 is 2.05 bits per heavy atom. The number of para-hydroxylation sites is 2. The summed E-state index contributed by atoms with van der Waals surface area (Å²) in [6, 6.07) is 9.21. The van der Waals surface area contributed by atoms with Crippen molar-refractivity contribution in [2.24, 2.45) is 0 Å². The number of methoxy groups -OCH3 is 1. The Balaban J connectivity index is 2.62. The number of rotatable bonds is 4. The Kier molecular flexibility index (Phi) is 4.11. The molecule has 0 spiro atoms. The van der Waals surface area contributed by atoms with Crippen LogP contribution in [0, 0.1) is 11.3 Å². The van der Waals surface area contributed by atoms with Crippen molar-refractivity contribution in [1.29, 1.82) is 5.26 Å². The highest BCUT2D eigenvalue weighted by atomic mass is 16.5. The lowest BCUT2D eigenvalue weighted by atomic mass is 10.1. The third kappa shape index (κ3) is 2.52. The van der Waals surface area contributed by atoms with Crippen molar-refractivity contribution in [3.8, 4) is 6.07 Å². The van der Waals surface area contributed by atoms with Crippen LogP contribution in [0.15, 0.2) is 24.3 Å². The fraction of sp³-hybridized carbons (Fsp3) is 0.286. The van der Waals surface area contributed by atoms with Gasteiger partial charge in [0.25, 0.3) is 0 Å². The number of fused-ring (bicyclic) bond motifs is 1. The summed E-state index contributed by atoms with van der Waals surface area (Å²) in [4.78, 5) is 20.5. The highest BCUT2D eigenvalue weighted by Crippen LogP contribution is 2.24. The Morgan fingerprint density at radius 3 is 2.60 bits per heavy atom. The molecule has 1 heterocycles. The van der Waals surface area contributed by atoms with Gasteiger partial charge in [-0.2, -0.15) is 5.26 Å². The molecule has 0 amide bonds. The molecule has 0 radical (unpaired) electrons. The van der Waals surface area contributed by atoms with Crippen LogP contribution >= 0.6 is 0 Å².